The average Bonchev–Trinajstić information content (AvgIpc) is 3.56. The minimum atomic E-state index is -0.0549. The van der Waals surface area contributed by atoms with Gasteiger partial charge in [0.15, 0.2) is 5.82 Å². The van der Waals surface area contributed by atoms with Crippen LogP contribution in [0.15, 0.2) is 70.8 Å². The maximum absolute atomic E-state index is 13.2. The predicted molar refractivity (Wildman–Crippen MR) is 144 cm³/mol. The number of pyridine rings is 1. The van der Waals surface area contributed by atoms with Gasteiger partial charge in [0, 0.05) is 23.5 Å². The molecule has 0 amide bonds. The first kappa shape index (κ1) is 24.1. The lowest BCUT2D eigenvalue weighted by atomic mass is 10.0. The van der Waals surface area contributed by atoms with Gasteiger partial charge in [0.2, 0.25) is 0 Å². The van der Waals surface area contributed by atoms with Gasteiger partial charge >= 0.3 is 0 Å². The standard InChI is InChI=1S/C28H30N6OS/c1-4-25(27-30-31-32-34(27)16-21-9-6-5-7-10-21)33(18-24-11-8-14-36-24)17-23-15-22-13-12-19(2)20(3)26(22)29-28(23)35/h5-15,25H,4,16-18H2,1-3H3,(H,29,35)/t25-/m1/s1. The molecule has 5 rings (SSSR count). The number of H-pyrrole nitrogens is 1. The average molecular weight is 499 g/mol. The number of aromatic amines is 1. The lowest BCUT2D eigenvalue weighted by Crippen LogP contribution is -2.32. The molecule has 0 bridgehead atoms. The summed E-state index contributed by atoms with van der Waals surface area (Å²) in [6, 6.07) is 20.6. The zero-order valence-corrected chi connectivity index (χ0v) is 21.6. The second-order valence-corrected chi connectivity index (χ2v) is 10.2. The van der Waals surface area contributed by atoms with Crippen LogP contribution in [0.1, 0.15) is 52.3 Å². The van der Waals surface area contributed by atoms with E-state index in [1.54, 1.807) is 11.3 Å². The summed E-state index contributed by atoms with van der Waals surface area (Å²) in [4.78, 5) is 19.9. The number of benzene rings is 2. The summed E-state index contributed by atoms with van der Waals surface area (Å²) in [7, 11) is 0. The van der Waals surface area contributed by atoms with Crippen molar-refractivity contribution in [2.75, 3.05) is 0 Å². The van der Waals surface area contributed by atoms with E-state index in [4.69, 9.17) is 0 Å². The number of thiophene rings is 1. The number of hydrogen-bond donors (Lipinski definition) is 1. The van der Waals surface area contributed by atoms with Crippen molar-refractivity contribution in [3.8, 4) is 0 Å². The van der Waals surface area contributed by atoms with Crippen LogP contribution in [0, 0.1) is 13.8 Å². The van der Waals surface area contributed by atoms with Gasteiger partial charge in [-0.25, -0.2) is 4.68 Å². The molecule has 7 nitrogen and oxygen atoms in total. The number of aromatic nitrogens is 5. The van der Waals surface area contributed by atoms with E-state index in [-0.39, 0.29) is 11.6 Å². The molecule has 184 valence electrons. The molecule has 3 aromatic heterocycles. The van der Waals surface area contributed by atoms with Crippen LogP contribution in [0.25, 0.3) is 10.9 Å². The molecular weight excluding hydrogens is 468 g/mol. The van der Waals surface area contributed by atoms with Crippen LogP contribution in [-0.2, 0) is 19.6 Å². The summed E-state index contributed by atoms with van der Waals surface area (Å²) >= 11 is 1.72. The number of hydrogen-bond acceptors (Lipinski definition) is 6. The van der Waals surface area contributed by atoms with Gasteiger partial charge in [0.1, 0.15) is 0 Å². The molecule has 36 heavy (non-hydrogen) atoms. The Hall–Kier alpha value is -3.62. The molecule has 0 saturated heterocycles. The Morgan fingerprint density at radius 3 is 2.64 bits per heavy atom. The first-order valence-electron chi connectivity index (χ1n) is 12.2. The number of rotatable bonds is 9. The smallest absolute Gasteiger partial charge is 0.252 e. The third kappa shape index (κ3) is 5.01. The Morgan fingerprint density at radius 1 is 1.06 bits per heavy atom. The number of nitrogens with one attached hydrogen (secondary N) is 1. The number of tetrazole rings is 1. The van der Waals surface area contributed by atoms with Crippen molar-refractivity contribution in [3.05, 3.63) is 109 Å². The Bertz CT molecular complexity index is 1510. The summed E-state index contributed by atoms with van der Waals surface area (Å²) in [5, 5.41) is 15.9. The van der Waals surface area contributed by atoms with E-state index < -0.39 is 0 Å². The number of nitrogens with zero attached hydrogens (tertiary/aromatic N) is 5. The summed E-state index contributed by atoms with van der Waals surface area (Å²) in [6.07, 6.45) is 0.810. The van der Waals surface area contributed by atoms with Crippen molar-refractivity contribution in [3.63, 3.8) is 0 Å². The molecule has 0 fully saturated rings. The van der Waals surface area contributed by atoms with Gasteiger partial charge in [-0.15, -0.1) is 16.4 Å². The van der Waals surface area contributed by atoms with Crippen molar-refractivity contribution < 1.29 is 0 Å². The number of fused-ring (bicyclic) bond motifs is 1. The van der Waals surface area contributed by atoms with Crippen LogP contribution in [0.2, 0.25) is 0 Å². The molecule has 1 N–H and O–H groups in total. The molecule has 8 heteroatoms. The quantitative estimate of drug-likeness (QED) is 0.295. The van der Waals surface area contributed by atoms with Crippen molar-refractivity contribution in [1.82, 2.24) is 30.1 Å². The normalized spacial score (nSPS) is 12.4. The van der Waals surface area contributed by atoms with E-state index in [2.05, 4.69) is 88.0 Å². The maximum atomic E-state index is 13.2. The van der Waals surface area contributed by atoms with Crippen molar-refractivity contribution in [1.29, 1.82) is 0 Å². The molecule has 5 aromatic rings. The minimum Gasteiger partial charge on any atom is -0.321 e. The molecule has 2 aromatic carbocycles. The van der Waals surface area contributed by atoms with Crippen LogP contribution < -0.4 is 5.56 Å². The Kier molecular flexibility index (Phi) is 7.06. The van der Waals surface area contributed by atoms with Crippen LogP contribution in [0.4, 0.5) is 0 Å². The lowest BCUT2D eigenvalue weighted by Gasteiger charge is -2.30. The molecule has 0 unspecified atom stereocenters. The molecule has 0 aliphatic rings. The molecule has 1 atom stereocenters. The molecule has 0 spiro atoms. The second kappa shape index (κ2) is 10.6. The topological polar surface area (TPSA) is 79.7 Å². The molecule has 0 aliphatic heterocycles. The fraction of sp³-hybridized carbons (Fsp3) is 0.286. The van der Waals surface area contributed by atoms with E-state index in [1.807, 2.05) is 28.9 Å². The van der Waals surface area contributed by atoms with Gasteiger partial charge in [-0.3, -0.25) is 9.69 Å². The van der Waals surface area contributed by atoms with E-state index in [0.29, 0.717) is 19.6 Å². The molecular formula is C28H30N6OS. The summed E-state index contributed by atoms with van der Waals surface area (Å²) in [5.74, 6) is 0.807. The number of aryl methyl sites for hydroxylation is 2. The van der Waals surface area contributed by atoms with Gasteiger partial charge in [-0.2, -0.15) is 0 Å². The van der Waals surface area contributed by atoms with E-state index in [9.17, 15) is 4.79 Å². The highest BCUT2D eigenvalue weighted by atomic mass is 32.1. The zero-order chi connectivity index (χ0) is 25.1. The highest BCUT2D eigenvalue weighted by Gasteiger charge is 2.26. The molecule has 0 aliphatic carbocycles. The predicted octanol–water partition coefficient (Wildman–Crippen LogP) is 5.39. The Balaban J connectivity index is 1.51. The SMILES string of the molecule is CC[C@H](c1nnnn1Cc1ccccc1)N(Cc1cccs1)Cc1cc2ccc(C)c(C)c2[nH]c1=O. The first-order chi connectivity index (χ1) is 17.5. The summed E-state index contributed by atoms with van der Waals surface area (Å²) in [5.41, 5.74) is 5.02. The molecule has 0 saturated carbocycles. The van der Waals surface area contributed by atoms with Gasteiger partial charge in [0.25, 0.3) is 5.56 Å². The largest absolute Gasteiger partial charge is 0.321 e. The molecule has 0 radical (unpaired) electrons. The van der Waals surface area contributed by atoms with E-state index in [0.717, 1.165) is 39.8 Å². The van der Waals surface area contributed by atoms with Crippen molar-refractivity contribution in [2.45, 2.75) is 52.9 Å². The first-order valence-corrected chi connectivity index (χ1v) is 13.1. The fourth-order valence-corrected chi connectivity index (χ4v) is 5.44. The van der Waals surface area contributed by atoms with Crippen molar-refractivity contribution >= 4 is 22.2 Å². The zero-order valence-electron chi connectivity index (χ0n) is 20.8. The van der Waals surface area contributed by atoms with E-state index >= 15 is 0 Å². The van der Waals surface area contributed by atoms with Crippen molar-refractivity contribution in [2.24, 2.45) is 0 Å². The lowest BCUT2D eigenvalue weighted by molar-refractivity contribution is 0.163. The van der Waals surface area contributed by atoms with Crippen LogP contribution in [0.5, 0.6) is 0 Å². The summed E-state index contributed by atoms with van der Waals surface area (Å²) in [6.45, 7) is 8.06. The highest BCUT2D eigenvalue weighted by Crippen LogP contribution is 2.28. The Morgan fingerprint density at radius 2 is 1.89 bits per heavy atom. The Labute approximate surface area is 214 Å². The maximum Gasteiger partial charge on any atom is 0.252 e. The fourth-order valence-electron chi connectivity index (χ4n) is 4.71. The van der Waals surface area contributed by atoms with Gasteiger partial charge in [-0.05, 0) is 70.3 Å². The van der Waals surface area contributed by atoms with E-state index in [1.165, 1.54) is 10.4 Å². The molecule has 3 heterocycles. The van der Waals surface area contributed by atoms with Crippen LogP contribution >= 0.6 is 11.3 Å². The minimum absolute atomic E-state index is 0.0499. The monoisotopic (exact) mass is 498 g/mol. The van der Waals surface area contributed by atoms with Gasteiger partial charge in [0.05, 0.1) is 18.1 Å². The van der Waals surface area contributed by atoms with Gasteiger partial charge < -0.3 is 4.98 Å². The van der Waals surface area contributed by atoms with Crippen LogP contribution in [-0.4, -0.2) is 30.1 Å². The third-order valence-corrected chi connectivity index (χ3v) is 7.66. The highest BCUT2D eigenvalue weighted by molar-refractivity contribution is 7.09. The van der Waals surface area contributed by atoms with Gasteiger partial charge in [-0.1, -0.05) is 55.5 Å². The second-order valence-electron chi connectivity index (χ2n) is 9.18. The third-order valence-electron chi connectivity index (χ3n) is 6.80. The van der Waals surface area contributed by atoms with Crippen LogP contribution in [0.3, 0.4) is 0 Å². The summed E-state index contributed by atoms with van der Waals surface area (Å²) < 4.78 is 1.88.